The third-order valence-corrected chi connectivity index (χ3v) is 9.46. The lowest BCUT2D eigenvalue weighted by Crippen LogP contribution is -2.38. The molecule has 7 atom stereocenters. The van der Waals surface area contributed by atoms with E-state index in [-0.39, 0.29) is 17.3 Å². The van der Waals surface area contributed by atoms with E-state index < -0.39 is 61.4 Å². The average molecular weight is 642 g/mol. The van der Waals surface area contributed by atoms with Gasteiger partial charge in [0, 0.05) is 13.6 Å². The molecular weight excluding hydrogens is 608 g/mol. The number of hydrogen-bond acceptors (Lipinski definition) is 12. The van der Waals surface area contributed by atoms with Crippen molar-refractivity contribution in [2.75, 3.05) is 30.1 Å². The summed E-state index contributed by atoms with van der Waals surface area (Å²) in [4.78, 5) is 27.1. The number of nitrogen functional groups attached to an aromatic ring is 1. The zero-order chi connectivity index (χ0) is 31.3. The number of carbonyl (C=O) groups excluding carboxylic acids is 1. The quantitative estimate of drug-likeness (QED) is 0.150. The monoisotopic (exact) mass is 641 g/mol. The van der Waals surface area contributed by atoms with Crippen molar-refractivity contribution in [1.82, 2.24) is 24.6 Å². The van der Waals surface area contributed by atoms with Gasteiger partial charge in [-0.2, -0.15) is 15.1 Å². The summed E-state index contributed by atoms with van der Waals surface area (Å²) in [6, 6.07) is 6.86. The Labute approximate surface area is 252 Å². The molecule has 2 aromatic heterocycles. The second-order valence-corrected chi connectivity index (χ2v) is 12.6. The van der Waals surface area contributed by atoms with E-state index >= 15 is 4.39 Å². The number of nitrogens with zero attached hydrogens (tertiary/aromatic N) is 5. The molecule has 43 heavy (non-hydrogen) atoms. The Morgan fingerprint density at radius 3 is 2.63 bits per heavy atom. The number of rotatable bonds is 12. The van der Waals surface area contributed by atoms with E-state index in [2.05, 4.69) is 20.0 Å². The lowest BCUT2D eigenvalue weighted by atomic mass is 10.1. The molecule has 0 bridgehead atoms. The normalized spacial score (nSPS) is 28.3. The van der Waals surface area contributed by atoms with Crippen molar-refractivity contribution < 1.29 is 37.4 Å². The molecule has 14 nitrogen and oxygen atoms in total. The molecule has 17 heteroatoms. The molecule has 0 radical (unpaired) electrons. The molecule has 1 saturated heterocycles. The van der Waals surface area contributed by atoms with Crippen molar-refractivity contribution >= 4 is 48.2 Å². The predicted molar refractivity (Wildman–Crippen MR) is 155 cm³/mol. The van der Waals surface area contributed by atoms with Gasteiger partial charge in [0.05, 0.1) is 18.3 Å². The number of aromatic nitrogens is 4. The number of anilines is 2. The Bertz CT molecular complexity index is 1550. The van der Waals surface area contributed by atoms with E-state index in [1.165, 1.54) is 30.0 Å². The van der Waals surface area contributed by atoms with Crippen LogP contribution in [0.2, 0.25) is 0 Å². The van der Waals surface area contributed by atoms with Crippen LogP contribution in [0.5, 0.6) is 5.75 Å². The molecule has 3 aromatic rings. The van der Waals surface area contributed by atoms with Crippen LogP contribution in [0.4, 0.5) is 16.2 Å². The van der Waals surface area contributed by atoms with Gasteiger partial charge in [-0.3, -0.25) is 13.9 Å². The number of ether oxygens (including phenoxy) is 2. The number of para-hydroxylation sites is 1. The Balaban J connectivity index is 1.44. The van der Waals surface area contributed by atoms with Gasteiger partial charge in [0.2, 0.25) is 5.95 Å². The third-order valence-electron chi connectivity index (χ3n) is 7.42. The van der Waals surface area contributed by atoms with Crippen LogP contribution < -0.4 is 20.2 Å². The minimum absolute atomic E-state index is 0.0646. The van der Waals surface area contributed by atoms with Crippen molar-refractivity contribution in [2.45, 2.75) is 69.5 Å². The molecule has 4 N–H and O–H groups in total. The molecule has 0 spiro atoms. The summed E-state index contributed by atoms with van der Waals surface area (Å²) < 4.78 is 54.3. The number of aliphatic hydroxyl groups is 1. The number of nitrogens with one attached hydrogen (secondary N) is 1. The largest absolute Gasteiger partial charge is 0.462 e. The van der Waals surface area contributed by atoms with Gasteiger partial charge in [0.25, 0.3) is 0 Å². The third kappa shape index (κ3) is 5.32. The fraction of sp³-hybridized carbons (Fsp3) is 0.538. The van der Waals surface area contributed by atoms with Crippen LogP contribution in [0.25, 0.3) is 11.2 Å². The first-order chi connectivity index (χ1) is 20.3. The Hall–Kier alpha value is -3.07. The second kappa shape index (κ2) is 11.5. The van der Waals surface area contributed by atoms with Crippen molar-refractivity contribution in [2.24, 2.45) is 0 Å². The highest BCUT2D eigenvalue weighted by Crippen LogP contribution is 2.69. The fourth-order valence-corrected chi connectivity index (χ4v) is 7.22. The van der Waals surface area contributed by atoms with E-state index in [9.17, 15) is 14.5 Å². The summed E-state index contributed by atoms with van der Waals surface area (Å²) in [6.07, 6.45) is -4.26. The van der Waals surface area contributed by atoms with Crippen LogP contribution in [0.3, 0.4) is 0 Å². The Kier molecular flexibility index (Phi) is 8.35. The zero-order valence-corrected chi connectivity index (χ0v) is 25.8. The summed E-state index contributed by atoms with van der Waals surface area (Å²) in [6.45, 7) is 7.23. The number of benzene rings is 1. The zero-order valence-electron chi connectivity index (χ0n) is 24.2. The highest BCUT2D eigenvalue weighted by molar-refractivity contribution is 7.52. The highest BCUT2D eigenvalue weighted by Gasteiger charge is 2.90. The first kappa shape index (κ1) is 31.4. The first-order valence-electron chi connectivity index (χ1n) is 13.6. The smallest absolute Gasteiger partial charge is 0.459 e. The lowest BCUT2D eigenvalue weighted by Gasteiger charge is -2.27. The van der Waals surface area contributed by atoms with Crippen LogP contribution in [-0.4, -0.2) is 85.7 Å². The molecule has 2 fully saturated rings. The highest BCUT2D eigenvalue weighted by atomic mass is 35.5. The van der Waals surface area contributed by atoms with Gasteiger partial charge in [-0.15, -0.1) is 11.6 Å². The molecule has 234 valence electrons. The van der Waals surface area contributed by atoms with Gasteiger partial charge in [0.15, 0.2) is 35.0 Å². The summed E-state index contributed by atoms with van der Waals surface area (Å²) in [5, 5.41) is 14.1. The standard InChI is InChI=1S/C26H34ClFN7O7P/c1-6-34(5)19-17-20(32-24(29)31-19)35(13-30-17)21-18(28)26(37)23(25(26,12-27)40-21)42-43(38,41-16-10-8-7-9-11-16)33-15(4)22(36)39-14(2)3/h7-11,13-15,18,21,23,37H,6,12H2,1-5H3,(H,33,38)(H2,29,31,32)/t15-,18+,21+,23?,25+,26+,43-/m0/s1. The molecule has 2 aliphatic rings. The molecule has 0 amide bonds. The molecule has 1 aliphatic heterocycles. The summed E-state index contributed by atoms with van der Waals surface area (Å²) in [5.74, 6) is -0.659. The van der Waals surface area contributed by atoms with E-state index in [0.717, 1.165) is 0 Å². The van der Waals surface area contributed by atoms with Gasteiger partial charge in [-0.25, -0.2) is 13.9 Å². The second-order valence-electron chi connectivity index (χ2n) is 10.7. The first-order valence-corrected chi connectivity index (χ1v) is 15.7. The van der Waals surface area contributed by atoms with E-state index in [0.29, 0.717) is 17.9 Å². The van der Waals surface area contributed by atoms with Crippen LogP contribution in [0, 0.1) is 0 Å². The number of hydrogen-bond donors (Lipinski definition) is 3. The SMILES string of the molecule is CCN(C)c1nc(N)nc2c1ncn2[C@@H]1O[C@]2(CCl)C(O[P@](=O)(N[C@@H](C)C(=O)OC(C)C)Oc3ccccc3)[C@]2(O)[C@@H]1F. The molecular formula is C26H34ClFN7O7P. The molecule has 1 aliphatic carbocycles. The number of halogens is 2. The van der Waals surface area contributed by atoms with Crippen molar-refractivity contribution in [3.63, 3.8) is 0 Å². The molecule has 5 rings (SSSR count). The molecule has 1 unspecified atom stereocenters. The molecule has 3 heterocycles. The fourth-order valence-electron chi connectivity index (χ4n) is 5.06. The van der Waals surface area contributed by atoms with E-state index in [4.69, 9.17) is 35.9 Å². The molecule has 1 aromatic carbocycles. The van der Waals surface area contributed by atoms with Crippen molar-refractivity contribution in [3.8, 4) is 5.75 Å². The van der Waals surface area contributed by atoms with Crippen LogP contribution in [-0.2, 0) is 23.4 Å². The maximum Gasteiger partial charge on any atom is 0.459 e. The minimum Gasteiger partial charge on any atom is -0.462 e. The number of esters is 1. The number of imidazole rings is 1. The maximum absolute atomic E-state index is 16.3. The van der Waals surface area contributed by atoms with E-state index in [1.54, 1.807) is 44.0 Å². The number of alkyl halides is 2. The minimum atomic E-state index is -4.49. The van der Waals surface area contributed by atoms with Gasteiger partial charge in [0.1, 0.15) is 23.5 Å². The average Bonchev–Trinajstić information content (AvgIpc) is 3.19. The van der Waals surface area contributed by atoms with Gasteiger partial charge < -0.3 is 29.7 Å². The van der Waals surface area contributed by atoms with E-state index in [1.807, 2.05) is 6.92 Å². The van der Waals surface area contributed by atoms with Crippen molar-refractivity contribution in [3.05, 3.63) is 36.7 Å². The summed E-state index contributed by atoms with van der Waals surface area (Å²) in [5.41, 5.74) is 2.28. The lowest BCUT2D eigenvalue weighted by molar-refractivity contribution is -0.149. The summed E-state index contributed by atoms with van der Waals surface area (Å²) in [7, 11) is -2.70. The number of carbonyl (C=O) groups is 1. The van der Waals surface area contributed by atoms with Gasteiger partial charge >= 0.3 is 13.7 Å². The topological polar surface area (TPSA) is 176 Å². The Morgan fingerprint density at radius 1 is 1.33 bits per heavy atom. The predicted octanol–water partition coefficient (Wildman–Crippen LogP) is 2.96. The van der Waals surface area contributed by atoms with Crippen molar-refractivity contribution in [1.29, 1.82) is 0 Å². The Morgan fingerprint density at radius 2 is 2.02 bits per heavy atom. The maximum atomic E-state index is 16.3. The summed E-state index contributed by atoms with van der Waals surface area (Å²) >= 11 is 6.26. The van der Waals surface area contributed by atoms with Gasteiger partial charge in [-0.05, 0) is 39.8 Å². The van der Waals surface area contributed by atoms with Crippen LogP contribution in [0.15, 0.2) is 36.7 Å². The van der Waals surface area contributed by atoms with Gasteiger partial charge in [-0.1, -0.05) is 18.2 Å². The number of fused-ring (bicyclic) bond motifs is 2. The number of nitrogens with two attached hydrogens (primary N) is 1. The van der Waals surface area contributed by atoms with Crippen LogP contribution >= 0.6 is 19.3 Å². The van der Waals surface area contributed by atoms with Crippen LogP contribution in [0.1, 0.15) is 33.9 Å². The molecule has 1 saturated carbocycles.